The molecular formula is C10H20O2. The van der Waals surface area contributed by atoms with Crippen LogP contribution in [-0.2, 0) is 4.79 Å². The first-order valence-corrected chi connectivity index (χ1v) is 4.78. The van der Waals surface area contributed by atoms with Crippen molar-refractivity contribution < 1.29 is 9.90 Å². The van der Waals surface area contributed by atoms with Crippen LogP contribution in [0.5, 0.6) is 0 Å². The zero-order chi connectivity index (χ0) is 9.56. The molecule has 0 saturated carbocycles. The Labute approximate surface area is 75.0 Å². The molecule has 0 heterocycles. The van der Waals surface area contributed by atoms with E-state index in [1.807, 2.05) is 6.92 Å². The summed E-state index contributed by atoms with van der Waals surface area (Å²) in [6, 6.07) is 0. The van der Waals surface area contributed by atoms with Crippen molar-refractivity contribution in [2.75, 3.05) is 0 Å². The zero-order valence-corrected chi connectivity index (χ0v) is 8.34. The van der Waals surface area contributed by atoms with Gasteiger partial charge >= 0.3 is 5.97 Å². The van der Waals surface area contributed by atoms with E-state index < -0.39 is 5.97 Å². The highest BCUT2D eigenvalue weighted by Gasteiger charge is 2.08. The van der Waals surface area contributed by atoms with Gasteiger partial charge in [-0.3, -0.25) is 4.79 Å². The second kappa shape index (κ2) is 6.04. The van der Waals surface area contributed by atoms with Crippen LogP contribution < -0.4 is 0 Å². The molecule has 0 fully saturated rings. The smallest absolute Gasteiger partial charge is 0.303 e. The van der Waals surface area contributed by atoms with Crippen molar-refractivity contribution in [2.45, 2.75) is 46.5 Å². The fourth-order valence-electron chi connectivity index (χ4n) is 1.17. The summed E-state index contributed by atoms with van der Waals surface area (Å²) in [6.45, 7) is 6.40. The third-order valence-corrected chi connectivity index (χ3v) is 2.37. The van der Waals surface area contributed by atoms with Crippen molar-refractivity contribution in [2.24, 2.45) is 11.8 Å². The number of carboxylic acids is 1. The van der Waals surface area contributed by atoms with Crippen LogP contribution in [0.3, 0.4) is 0 Å². The molecule has 0 amide bonds. The van der Waals surface area contributed by atoms with Crippen LogP contribution in [0.15, 0.2) is 0 Å². The van der Waals surface area contributed by atoms with Crippen LogP contribution in [-0.4, -0.2) is 11.1 Å². The number of hydrogen-bond donors (Lipinski definition) is 1. The van der Waals surface area contributed by atoms with Crippen LogP contribution in [0.4, 0.5) is 0 Å². The lowest BCUT2D eigenvalue weighted by Crippen LogP contribution is -2.05. The SMILES string of the molecule is CC[C@H](C)CC[C@H](C)CC(=O)O. The molecule has 2 atom stereocenters. The van der Waals surface area contributed by atoms with Gasteiger partial charge in [0.25, 0.3) is 0 Å². The van der Waals surface area contributed by atoms with E-state index in [0.717, 1.165) is 18.8 Å². The molecule has 0 spiro atoms. The summed E-state index contributed by atoms with van der Waals surface area (Å²) in [4.78, 5) is 10.3. The molecule has 2 nitrogen and oxygen atoms in total. The Morgan fingerprint density at radius 3 is 2.17 bits per heavy atom. The summed E-state index contributed by atoms with van der Waals surface area (Å²) in [6.07, 6.45) is 3.71. The molecule has 0 aliphatic rings. The summed E-state index contributed by atoms with van der Waals surface area (Å²) in [7, 11) is 0. The zero-order valence-electron chi connectivity index (χ0n) is 8.34. The summed E-state index contributed by atoms with van der Waals surface area (Å²) in [5.74, 6) is 0.393. The van der Waals surface area contributed by atoms with Gasteiger partial charge in [-0.05, 0) is 18.3 Å². The van der Waals surface area contributed by atoms with Crippen molar-refractivity contribution in [1.29, 1.82) is 0 Å². The van der Waals surface area contributed by atoms with Crippen molar-refractivity contribution in [3.8, 4) is 0 Å². The predicted octanol–water partition coefficient (Wildman–Crippen LogP) is 2.92. The molecule has 0 aromatic rings. The molecule has 0 aliphatic carbocycles. The van der Waals surface area contributed by atoms with Crippen molar-refractivity contribution in [1.82, 2.24) is 0 Å². The van der Waals surface area contributed by atoms with Gasteiger partial charge in [-0.25, -0.2) is 0 Å². The van der Waals surface area contributed by atoms with Gasteiger partial charge in [0.2, 0.25) is 0 Å². The summed E-state index contributed by atoms with van der Waals surface area (Å²) < 4.78 is 0. The second-order valence-corrected chi connectivity index (χ2v) is 3.79. The molecule has 0 aromatic heterocycles. The molecule has 0 radical (unpaired) electrons. The van der Waals surface area contributed by atoms with E-state index in [4.69, 9.17) is 5.11 Å². The van der Waals surface area contributed by atoms with E-state index in [1.165, 1.54) is 6.42 Å². The molecule has 72 valence electrons. The average Bonchev–Trinajstić information content (AvgIpc) is 1.99. The van der Waals surface area contributed by atoms with E-state index in [9.17, 15) is 4.79 Å². The summed E-state index contributed by atoms with van der Waals surface area (Å²) >= 11 is 0. The third-order valence-electron chi connectivity index (χ3n) is 2.37. The Hall–Kier alpha value is -0.530. The normalized spacial score (nSPS) is 15.6. The predicted molar refractivity (Wildman–Crippen MR) is 50.1 cm³/mol. The maximum atomic E-state index is 10.3. The van der Waals surface area contributed by atoms with E-state index in [-0.39, 0.29) is 0 Å². The third kappa shape index (κ3) is 6.20. The fourth-order valence-corrected chi connectivity index (χ4v) is 1.17. The van der Waals surface area contributed by atoms with Crippen molar-refractivity contribution >= 4 is 5.97 Å². The molecule has 12 heavy (non-hydrogen) atoms. The van der Waals surface area contributed by atoms with E-state index >= 15 is 0 Å². The van der Waals surface area contributed by atoms with E-state index in [1.54, 1.807) is 0 Å². The lowest BCUT2D eigenvalue weighted by Gasteiger charge is -2.11. The maximum Gasteiger partial charge on any atom is 0.303 e. The van der Waals surface area contributed by atoms with Gasteiger partial charge in [0.1, 0.15) is 0 Å². The van der Waals surface area contributed by atoms with E-state index in [2.05, 4.69) is 13.8 Å². The number of hydrogen-bond acceptors (Lipinski definition) is 1. The molecule has 0 rings (SSSR count). The number of carbonyl (C=O) groups is 1. The first-order chi connectivity index (χ1) is 5.56. The van der Waals surface area contributed by atoms with Gasteiger partial charge in [-0.15, -0.1) is 0 Å². The minimum absolute atomic E-state index is 0.316. The molecule has 0 aromatic carbocycles. The lowest BCUT2D eigenvalue weighted by molar-refractivity contribution is -0.138. The Morgan fingerprint density at radius 1 is 1.25 bits per heavy atom. The Balaban J connectivity index is 3.43. The van der Waals surface area contributed by atoms with Gasteiger partial charge in [0.05, 0.1) is 0 Å². The molecular weight excluding hydrogens is 152 g/mol. The fraction of sp³-hybridized carbons (Fsp3) is 0.900. The van der Waals surface area contributed by atoms with Gasteiger partial charge in [0, 0.05) is 6.42 Å². The Bertz CT molecular complexity index is 132. The Kier molecular flexibility index (Phi) is 5.77. The van der Waals surface area contributed by atoms with Crippen molar-refractivity contribution in [3.63, 3.8) is 0 Å². The molecule has 0 bridgehead atoms. The molecule has 2 heteroatoms. The van der Waals surface area contributed by atoms with Gasteiger partial charge in [-0.1, -0.05) is 33.6 Å². The van der Waals surface area contributed by atoms with Crippen LogP contribution >= 0.6 is 0 Å². The minimum atomic E-state index is -0.674. The molecule has 1 N–H and O–H groups in total. The average molecular weight is 172 g/mol. The highest BCUT2D eigenvalue weighted by atomic mass is 16.4. The van der Waals surface area contributed by atoms with Crippen molar-refractivity contribution in [3.05, 3.63) is 0 Å². The first-order valence-electron chi connectivity index (χ1n) is 4.78. The number of rotatable bonds is 6. The monoisotopic (exact) mass is 172 g/mol. The summed E-state index contributed by atoms with van der Waals surface area (Å²) in [5, 5.41) is 8.51. The van der Waals surface area contributed by atoms with Crippen LogP contribution in [0.25, 0.3) is 0 Å². The quantitative estimate of drug-likeness (QED) is 0.668. The van der Waals surface area contributed by atoms with Crippen LogP contribution in [0.1, 0.15) is 46.5 Å². The lowest BCUT2D eigenvalue weighted by atomic mass is 9.95. The van der Waals surface area contributed by atoms with Crippen LogP contribution in [0.2, 0.25) is 0 Å². The van der Waals surface area contributed by atoms with Gasteiger partial charge < -0.3 is 5.11 Å². The molecule has 0 saturated heterocycles. The van der Waals surface area contributed by atoms with Gasteiger partial charge in [0.15, 0.2) is 0 Å². The minimum Gasteiger partial charge on any atom is -0.481 e. The first kappa shape index (κ1) is 11.5. The number of aliphatic carboxylic acids is 1. The largest absolute Gasteiger partial charge is 0.481 e. The summed E-state index contributed by atoms with van der Waals surface area (Å²) in [5.41, 5.74) is 0. The van der Waals surface area contributed by atoms with Gasteiger partial charge in [-0.2, -0.15) is 0 Å². The molecule has 0 aliphatic heterocycles. The number of carboxylic acid groups (broad SMARTS) is 1. The second-order valence-electron chi connectivity index (χ2n) is 3.79. The maximum absolute atomic E-state index is 10.3. The topological polar surface area (TPSA) is 37.3 Å². The highest BCUT2D eigenvalue weighted by Crippen LogP contribution is 2.16. The van der Waals surface area contributed by atoms with Crippen LogP contribution in [0, 0.1) is 11.8 Å². The Morgan fingerprint density at radius 2 is 1.75 bits per heavy atom. The highest BCUT2D eigenvalue weighted by molar-refractivity contribution is 5.66. The molecule has 0 unspecified atom stereocenters. The standard InChI is InChI=1S/C10H20O2/c1-4-8(2)5-6-9(3)7-10(11)12/h8-9H,4-7H2,1-3H3,(H,11,12)/t8-,9-/m0/s1. The van der Waals surface area contributed by atoms with E-state index in [0.29, 0.717) is 12.3 Å².